The van der Waals surface area contributed by atoms with Crippen molar-refractivity contribution in [3.63, 3.8) is 0 Å². The highest BCUT2D eigenvalue weighted by atomic mass is 35.5. The minimum absolute atomic E-state index is 0. The summed E-state index contributed by atoms with van der Waals surface area (Å²) in [6, 6.07) is 3.22. The number of morpholine rings is 1. The number of nitrogens with zero attached hydrogens (tertiary/aromatic N) is 3. The molecule has 0 radical (unpaired) electrons. The van der Waals surface area contributed by atoms with Crippen LogP contribution >= 0.6 is 12.4 Å². The van der Waals surface area contributed by atoms with Crippen LogP contribution in [0.1, 0.15) is 37.8 Å². The molecule has 5 heterocycles. The maximum absolute atomic E-state index is 13.1. The lowest BCUT2D eigenvalue weighted by Gasteiger charge is -2.48. The van der Waals surface area contributed by atoms with Crippen LogP contribution < -0.4 is 5.32 Å². The van der Waals surface area contributed by atoms with Crippen LogP contribution in [0.15, 0.2) is 12.3 Å². The van der Waals surface area contributed by atoms with Crippen LogP contribution in [0.2, 0.25) is 0 Å². The molecule has 4 aliphatic rings. The Balaban J connectivity index is 0.00000157. The number of hydrogen-bond acceptors (Lipinski definition) is 4. The van der Waals surface area contributed by atoms with E-state index in [1.54, 1.807) is 0 Å². The Hall–Kier alpha value is -1.11. The van der Waals surface area contributed by atoms with E-state index in [0.29, 0.717) is 24.6 Å². The number of halogens is 1. The smallest absolute Gasteiger partial charge is 0.226 e. The highest BCUT2D eigenvalue weighted by Gasteiger charge is 2.48. The molecular weight excluding hydrogens is 340 g/mol. The number of piperidine rings is 1. The van der Waals surface area contributed by atoms with Crippen LogP contribution in [0, 0.1) is 5.92 Å². The summed E-state index contributed by atoms with van der Waals surface area (Å²) in [5.41, 5.74) is 1.10. The molecule has 4 aliphatic heterocycles. The van der Waals surface area contributed by atoms with Gasteiger partial charge in [0, 0.05) is 55.9 Å². The molecule has 3 saturated heterocycles. The predicted molar refractivity (Wildman–Crippen MR) is 95.7 cm³/mol. The molecule has 1 N–H and O–H groups in total. The van der Waals surface area contributed by atoms with Crippen LogP contribution in [0.4, 0.5) is 0 Å². The first-order chi connectivity index (χ1) is 11.7. The van der Waals surface area contributed by atoms with Gasteiger partial charge in [0.2, 0.25) is 5.91 Å². The summed E-state index contributed by atoms with van der Waals surface area (Å²) >= 11 is 0. The fourth-order valence-electron chi connectivity index (χ4n) is 5.32. The summed E-state index contributed by atoms with van der Waals surface area (Å²) in [5.74, 6) is 0.443. The largest absolute Gasteiger partial charge is 0.371 e. The Morgan fingerprint density at radius 1 is 1.24 bits per heavy atom. The Morgan fingerprint density at radius 3 is 2.84 bits per heavy atom. The lowest BCUT2D eigenvalue weighted by molar-refractivity contribution is -0.162. The number of hydrogen-bond donors (Lipinski definition) is 1. The summed E-state index contributed by atoms with van der Waals surface area (Å²) in [6.45, 7) is 3.09. The van der Waals surface area contributed by atoms with E-state index in [1.807, 2.05) is 16.9 Å². The van der Waals surface area contributed by atoms with Crippen molar-refractivity contribution in [2.24, 2.45) is 5.92 Å². The number of fused-ring (bicyclic) bond motifs is 3. The van der Waals surface area contributed by atoms with Crippen molar-refractivity contribution < 1.29 is 9.53 Å². The van der Waals surface area contributed by atoms with Gasteiger partial charge in [0.25, 0.3) is 0 Å². The van der Waals surface area contributed by atoms with Gasteiger partial charge in [0.1, 0.15) is 0 Å². The molecule has 2 bridgehead atoms. The van der Waals surface area contributed by atoms with E-state index >= 15 is 0 Å². The first-order valence-corrected chi connectivity index (χ1v) is 9.40. The molecular formula is C18H27ClN4O2. The number of nitrogens with one attached hydrogen (secondary N) is 1. The van der Waals surface area contributed by atoms with E-state index in [-0.39, 0.29) is 23.9 Å². The van der Waals surface area contributed by atoms with Gasteiger partial charge in [-0.05, 0) is 38.2 Å². The zero-order valence-electron chi connectivity index (χ0n) is 14.5. The number of carbonyl (C=O) groups excluding carboxylic acids is 1. The van der Waals surface area contributed by atoms with Crippen LogP contribution in [-0.4, -0.2) is 58.0 Å². The quantitative estimate of drug-likeness (QED) is 0.815. The van der Waals surface area contributed by atoms with Gasteiger partial charge < -0.3 is 15.0 Å². The second-order valence-corrected chi connectivity index (χ2v) is 8.07. The third kappa shape index (κ3) is 3.09. The number of rotatable bonds is 1. The molecule has 6 nitrogen and oxygen atoms in total. The van der Waals surface area contributed by atoms with Crippen molar-refractivity contribution in [2.75, 3.05) is 19.7 Å². The van der Waals surface area contributed by atoms with E-state index in [9.17, 15) is 4.79 Å². The normalized spacial score (nSPS) is 36.8. The topological polar surface area (TPSA) is 59.4 Å². The molecule has 25 heavy (non-hydrogen) atoms. The van der Waals surface area contributed by atoms with Crippen molar-refractivity contribution in [3.8, 4) is 0 Å². The van der Waals surface area contributed by atoms with Gasteiger partial charge in [-0.15, -0.1) is 12.4 Å². The van der Waals surface area contributed by atoms with Crippen LogP contribution in [0.25, 0.3) is 0 Å². The zero-order valence-corrected chi connectivity index (χ0v) is 15.3. The Kier molecular flexibility index (Phi) is 4.54. The van der Waals surface area contributed by atoms with Crippen LogP contribution in [0.5, 0.6) is 0 Å². The Morgan fingerprint density at radius 2 is 2.04 bits per heavy atom. The summed E-state index contributed by atoms with van der Waals surface area (Å²) in [6.07, 6.45) is 8.22. The highest BCUT2D eigenvalue weighted by molar-refractivity contribution is 5.85. The van der Waals surface area contributed by atoms with Crippen LogP contribution in [0.3, 0.4) is 0 Å². The van der Waals surface area contributed by atoms with Crippen LogP contribution in [-0.2, 0) is 22.5 Å². The Labute approximate surface area is 154 Å². The highest BCUT2D eigenvalue weighted by Crippen LogP contribution is 2.39. The number of aryl methyl sites for hydroxylation is 1. The fraction of sp³-hybridized carbons (Fsp3) is 0.778. The maximum Gasteiger partial charge on any atom is 0.226 e. The van der Waals surface area contributed by atoms with Gasteiger partial charge in [-0.3, -0.25) is 9.48 Å². The zero-order chi connectivity index (χ0) is 16.1. The minimum Gasteiger partial charge on any atom is -0.371 e. The third-order valence-corrected chi connectivity index (χ3v) is 6.43. The Bertz CT molecular complexity index is 637. The molecule has 1 spiro atoms. The minimum atomic E-state index is -0.0958. The number of amides is 1. The molecule has 0 saturated carbocycles. The summed E-state index contributed by atoms with van der Waals surface area (Å²) < 4.78 is 8.29. The summed E-state index contributed by atoms with van der Waals surface area (Å²) in [7, 11) is 0. The molecule has 1 amide bonds. The molecule has 138 valence electrons. The molecule has 1 aromatic heterocycles. The third-order valence-electron chi connectivity index (χ3n) is 6.43. The first kappa shape index (κ1) is 17.3. The SMILES string of the molecule is Cl.O=C(C1CCn2nccc2C1)N1CCOC2(C[C@H]3CC[C@@H](C2)N3)C1. The van der Waals surface area contributed by atoms with Crippen molar-refractivity contribution in [1.82, 2.24) is 20.0 Å². The van der Waals surface area contributed by atoms with Gasteiger partial charge >= 0.3 is 0 Å². The predicted octanol–water partition coefficient (Wildman–Crippen LogP) is 1.38. The second kappa shape index (κ2) is 6.56. The van der Waals surface area contributed by atoms with E-state index in [0.717, 1.165) is 45.3 Å². The van der Waals surface area contributed by atoms with E-state index in [1.165, 1.54) is 18.5 Å². The van der Waals surface area contributed by atoms with E-state index in [4.69, 9.17) is 4.74 Å². The van der Waals surface area contributed by atoms with Gasteiger partial charge in [-0.2, -0.15) is 5.10 Å². The average Bonchev–Trinajstić information content (AvgIpc) is 3.19. The van der Waals surface area contributed by atoms with E-state index < -0.39 is 0 Å². The second-order valence-electron chi connectivity index (χ2n) is 8.07. The molecule has 2 unspecified atom stereocenters. The fourth-order valence-corrected chi connectivity index (χ4v) is 5.32. The van der Waals surface area contributed by atoms with Crippen molar-refractivity contribution in [1.29, 1.82) is 0 Å². The molecule has 1 aromatic rings. The molecule has 3 fully saturated rings. The van der Waals surface area contributed by atoms with Gasteiger partial charge in [0.15, 0.2) is 0 Å². The summed E-state index contributed by atoms with van der Waals surface area (Å²) in [4.78, 5) is 15.2. The molecule has 0 aromatic carbocycles. The van der Waals surface area contributed by atoms with Gasteiger partial charge in [-0.1, -0.05) is 0 Å². The number of ether oxygens (including phenoxy) is 1. The molecule has 5 rings (SSSR count). The first-order valence-electron chi connectivity index (χ1n) is 9.40. The lowest BCUT2D eigenvalue weighted by Crippen LogP contribution is -2.60. The molecule has 7 heteroatoms. The van der Waals surface area contributed by atoms with Gasteiger partial charge in [0.05, 0.1) is 12.2 Å². The van der Waals surface area contributed by atoms with Crippen molar-refractivity contribution in [2.45, 2.75) is 62.8 Å². The molecule has 0 aliphatic carbocycles. The van der Waals surface area contributed by atoms with Crippen molar-refractivity contribution in [3.05, 3.63) is 18.0 Å². The number of aromatic nitrogens is 2. The lowest BCUT2D eigenvalue weighted by atomic mass is 9.85. The van der Waals surface area contributed by atoms with Gasteiger partial charge in [-0.25, -0.2) is 0 Å². The summed E-state index contributed by atoms with van der Waals surface area (Å²) in [5, 5.41) is 8.00. The van der Waals surface area contributed by atoms with E-state index in [2.05, 4.69) is 15.3 Å². The molecule has 4 atom stereocenters. The number of carbonyl (C=O) groups is 1. The van der Waals surface area contributed by atoms with Crippen molar-refractivity contribution >= 4 is 18.3 Å². The monoisotopic (exact) mass is 366 g/mol. The maximum atomic E-state index is 13.1. The standard InChI is InChI=1S/C18H26N4O2.ClH/c23-17(13-4-6-22-16(9-13)3-5-19-22)21-7-8-24-18(12-21)10-14-1-2-15(11-18)20-14;/h3,5,13-15,20H,1-2,4,6-12H2;1H/t13?,14-,15+,18?;. The average molecular weight is 367 g/mol.